The van der Waals surface area contributed by atoms with Crippen molar-refractivity contribution in [2.45, 2.75) is 25.9 Å². The number of amides is 3. The number of urea groups is 1. The maximum Gasteiger partial charge on any atom is 0.319 e. The Bertz CT molecular complexity index is 1580. The molecule has 0 unspecified atom stereocenters. The van der Waals surface area contributed by atoms with Crippen LogP contribution >= 0.6 is 0 Å². The van der Waals surface area contributed by atoms with Crippen LogP contribution in [0.2, 0.25) is 0 Å². The average Bonchev–Trinajstić information content (AvgIpc) is 3.45. The SMILES string of the molecule is NC(=O)c1c(N)n(CCN2CCCC2)c2nc(-c3ccc(N(Cc4cccnc4)C(N)=O)cc3)ccc2c1=O. The van der Waals surface area contributed by atoms with Crippen LogP contribution in [0.15, 0.2) is 65.7 Å². The highest BCUT2D eigenvalue weighted by Crippen LogP contribution is 2.26. The van der Waals surface area contributed by atoms with Crippen LogP contribution < -0.4 is 27.5 Å². The molecule has 1 fully saturated rings. The third-order valence-electron chi connectivity index (χ3n) is 7.04. The predicted molar refractivity (Wildman–Crippen MR) is 150 cm³/mol. The van der Waals surface area contributed by atoms with Gasteiger partial charge in [0.1, 0.15) is 17.0 Å². The minimum Gasteiger partial charge on any atom is -0.384 e. The van der Waals surface area contributed by atoms with E-state index in [1.165, 1.54) is 4.90 Å². The van der Waals surface area contributed by atoms with Crippen molar-refractivity contribution >= 4 is 34.5 Å². The van der Waals surface area contributed by atoms with Gasteiger partial charge in [0.05, 0.1) is 17.6 Å². The zero-order chi connectivity index (χ0) is 27.5. The molecule has 0 saturated carbocycles. The lowest BCUT2D eigenvalue weighted by Gasteiger charge is -2.21. The number of likely N-dealkylation sites (tertiary alicyclic amines) is 1. The molecule has 11 nitrogen and oxygen atoms in total. The molecule has 6 N–H and O–H groups in total. The summed E-state index contributed by atoms with van der Waals surface area (Å²) in [6.07, 6.45) is 5.63. The minimum absolute atomic E-state index is 0.0201. The van der Waals surface area contributed by atoms with E-state index in [1.807, 2.05) is 18.2 Å². The van der Waals surface area contributed by atoms with Gasteiger partial charge in [-0.05, 0) is 61.8 Å². The van der Waals surface area contributed by atoms with E-state index in [4.69, 9.17) is 22.2 Å². The second-order valence-corrected chi connectivity index (χ2v) is 9.55. The van der Waals surface area contributed by atoms with Gasteiger partial charge in [0.2, 0.25) is 5.43 Å². The quantitative estimate of drug-likeness (QED) is 0.317. The van der Waals surface area contributed by atoms with Crippen LogP contribution in [0.25, 0.3) is 22.3 Å². The summed E-state index contributed by atoms with van der Waals surface area (Å²) >= 11 is 0. The van der Waals surface area contributed by atoms with Crippen molar-refractivity contribution in [3.63, 3.8) is 0 Å². The number of nitrogens with two attached hydrogens (primary N) is 3. The summed E-state index contributed by atoms with van der Waals surface area (Å²) in [5.74, 6) is -0.842. The number of nitrogen functional groups attached to an aromatic ring is 1. The number of hydrogen-bond acceptors (Lipinski definition) is 7. The number of benzene rings is 1. The van der Waals surface area contributed by atoms with Gasteiger partial charge in [0.25, 0.3) is 5.91 Å². The van der Waals surface area contributed by atoms with Crippen LogP contribution in [0.1, 0.15) is 28.8 Å². The Kier molecular flexibility index (Phi) is 7.24. The molecule has 0 aliphatic carbocycles. The number of carbonyl (C=O) groups is 2. The van der Waals surface area contributed by atoms with Crippen molar-refractivity contribution in [1.29, 1.82) is 0 Å². The zero-order valence-electron chi connectivity index (χ0n) is 21.4. The summed E-state index contributed by atoms with van der Waals surface area (Å²) in [7, 11) is 0. The van der Waals surface area contributed by atoms with Crippen molar-refractivity contribution in [3.8, 4) is 11.3 Å². The maximum absolute atomic E-state index is 13.1. The van der Waals surface area contributed by atoms with Gasteiger partial charge in [0, 0.05) is 36.7 Å². The number of nitrogens with zero attached hydrogens (tertiary/aromatic N) is 5. The fraction of sp³-hybridized carbons (Fsp3) is 0.250. The molecule has 11 heteroatoms. The number of fused-ring (bicyclic) bond motifs is 1. The van der Waals surface area contributed by atoms with E-state index < -0.39 is 17.4 Å². The van der Waals surface area contributed by atoms with Crippen molar-refractivity contribution < 1.29 is 9.59 Å². The molecule has 1 saturated heterocycles. The summed E-state index contributed by atoms with van der Waals surface area (Å²) in [4.78, 5) is 50.0. The molecule has 39 heavy (non-hydrogen) atoms. The van der Waals surface area contributed by atoms with Gasteiger partial charge >= 0.3 is 6.03 Å². The first-order valence-corrected chi connectivity index (χ1v) is 12.7. The molecule has 0 radical (unpaired) electrons. The molecule has 0 spiro atoms. The molecule has 4 aromatic rings. The molecule has 0 atom stereocenters. The Morgan fingerprint density at radius 3 is 2.36 bits per heavy atom. The van der Waals surface area contributed by atoms with E-state index >= 15 is 0 Å². The largest absolute Gasteiger partial charge is 0.384 e. The van der Waals surface area contributed by atoms with Crippen LogP contribution in [0.5, 0.6) is 0 Å². The van der Waals surface area contributed by atoms with Crippen LogP contribution in [0.3, 0.4) is 0 Å². The summed E-state index contributed by atoms with van der Waals surface area (Å²) < 4.78 is 1.70. The van der Waals surface area contributed by atoms with E-state index in [2.05, 4.69) is 9.88 Å². The minimum atomic E-state index is -0.862. The standard InChI is InChI=1S/C28H30N8O3/c29-25-23(26(30)38)24(37)21-9-10-22(33-27(21)35(25)15-14-34-12-1-2-13-34)19-5-7-20(8-6-19)36(28(31)39)17-18-4-3-11-32-16-18/h3-11,16H,1-2,12-15,17,29H2,(H2,30,38)(H2,31,39). The lowest BCUT2D eigenvalue weighted by atomic mass is 10.1. The molecule has 3 amide bonds. The third-order valence-corrected chi connectivity index (χ3v) is 7.04. The van der Waals surface area contributed by atoms with Crippen molar-refractivity contribution in [2.24, 2.45) is 11.5 Å². The number of anilines is 2. The molecule has 3 aromatic heterocycles. The Balaban J connectivity index is 1.51. The van der Waals surface area contributed by atoms with Gasteiger partial charge in [-0.1, -0.05) is 18.2 Å². The normalized spacial score (nSPS) is 13.5. The van der Waals surface area contributed by atoms with Gasteiger partial charge in [0.15, 0.2) is 0 Å². The Hall–Kier alpha value is -4.77. The summed E-state index contributed by atoms with van der Waals surface area (Å²) in [5, 5.41) is 0.274. The van der Waals surface area contributed by atoms with E-state index in [0.717, 1.165) is 37.1 Å². The van der Waals surface area contributed by atoms with Crippen LogP contribution in [0.4, 0.5) is 16.3 Å². The molecule has 1 aliphatic rings. The summed E-state index contributed by atoms with van der Waals surface area (Å²) in [5.41, 5.74) is 20.0. The molecule has 1 aromatic carbocycles. The fourth-order valence-corrected chi connectivity index (χ4v) is 4.99. The Morgan fingerprint density at radius 2 is 1.72 bits per heavy atom. The first-order chi connectivity index (χ1) is 18.8. The van der Waals surface area contributed by atoms with E-state index in [9.17, 15) is 14.4 Å². The van der Waals surface area contributed by atoms with Gasteiger partial charge in [-0.3, -0.25) is 19.5 Å². The van der Waals surface area contributed by atoms with E-state index in [1.54, 1.807) is 47.3 Å². The first-order valence-electron chi connectivity index (χ1n) is 12.7. The predicted octanol–water partition coefficient (Wildman–Crippen LogP) is 2.32. The fourth-order valence-electron chi connectivity index (χ4n) is 4.99. The highest BCUT2D eigenvalue weighted by molar-refractivity contribution is 6.00. The van der Waals surface area contributed by atoms with Gasteiger partial charge in [-0.15, -0.1) is 0 Å². The first kappa shape index (κ1) is 25.9. The maximum atomic E-state index is 13.1. The smallest absolute Gasteiger partial charge is 0.319 e. The van der Waals surface area contributed by atoms with Crippen molar-refractivity contribution in [2.75, 3.05) is 30.3 Å². The highest BCUT2D eigenvalue weighted by Gasteiger charge is 2.21. The molecule has 5 rings (SSSR count). The van der Waals surface area contributed by atoms with Crippen LogP contribution in [0, 0.1) is 0 Å². The number of aromatic nitrogens is 3. The topological polar surface area (TPSA) is 166 Å². The lowest BCUT2D eigenvalue weighted by Crippen LogP contribution is -2.35. The number of primary amides is 2. The number of pyridine rings is 3. The molecular formula is C28H30N8O3. The average molecular weight is 527 g/mol. The number of hydrogen-bond donors (Lipinski definition) is 3. The molecular weight excluding hydrogens is 496 g/mol. The Labute approximate surface area is 224 Å². The zero-order valence-corrected chi connectivity index (χ0v) is 21.4. The van der Waals surface area contributed by atoms with E-state index in [-0.39, 0.29) is 23.3 Å². The van der Waals surface area contributed by atoms with Crippen LogP contribution in [-0.4, -0.2) is 51.0 Å². The molecule has 200 valence electrons. The second kappa shape index (κ2) is 10.9. The van der Waals surface area contributed by atoms with Crippen molar-refractivity contribution in [3.05, 3.63) is 82.3 Å². The molecule has 4 heterocycles. The second-order valence-electron chi connectivity index (χ2n) is 9.55. The summed E-state index contributed by atoms with van der Waals surface area (Å²) in [6.45, 7) is 3.44. The summed E-state index contributed by atoms with van der Waals surface area (Å²) in [6, 6.07) is 13.7. The monoisotopic (exact) mass is 526 g/mol. The van der Waals surface area contributed by atoms with Crippen LogP contribution in [-0.2, 0) is 13.1 Å². The molecule has 0 bridgehead atoms. The third kappa shape index (κ3) is 5.30. The van der Waals surface area contributed by atoms with Crippen molar-refractivity contribution in [1.82, 2.24) is 19.4 Å². The van der Waals surface area contributed by atoms with Gasteiger partial charge in [-0.25, -0.2) is 9.78 Å². The number of rotatable bonds is 8. The number of carbonyl (C=O) groups excluding carboxylic acids is 2. The molecule has 1 aliphatic heterocycles. The van der Waals surface area contributed by atoms with Gasteiger partial charge < -0.3 is 26.7 Å². The van der Waals surface area contributed by atoms with E-state index in [0.29, 0.717) is 30.1 Å². The lowest BCUT2D eigenvalue weighted by molar-refractivity contribution is 0.0999. The highest BCUT2D eigenvalue weighted by atomic mass is 16.2. The Morgan fingerprint density at radius 1 is 0.974 bits per heavy atom. The van der Waals surface area contributed by atoms with Gasteiger partial charge in [-0.2, -0.15) is 0 Å².